The number of thioether (sulfide) groups is 1. The normalized spacial score (nSPS) is 9.88. The van der Waals surface area contributed by atoms with Gasteiger partial charge in [-0.1, -0.05) is 13.0 Å². The summed E-state index contributed by atoms with van der Waals surface area (Å²) in [6.45, 7) is 1.96. The first-order chi connectivity index (χ1) is 11.6. The number of nitrogens with two attached hydrogens (primary N) is 1. The average molecular weight is 340 g/mol. The molecule has 122 valence electrons. The van der Waals surface area contributed by atoms with Crippen LogP contribution in [0.4, 0.5) is 5.82 Å². The molecule has 2 rings (SSSR count). The van der Waals surface area contributed by atoms with Crippen LogP contribution in [-0.4, -0.2) is 25.0 Å². The Bertz CT molecular complexity index is 853. The van der Waals surface area contributed by atoms with Crippen LogP contribution >= 0.6 is 11.8 Å². The summed E-state index contributed by atoms with van der Waals surface area (Å²) < 4.78 is 10.5. The van der Waals surface area contributed by atoms with Gasteiger partial charge in [0.05, 0.1) is 19.8 Å². The summed E-state index contributed by atoms with van der Waals surface area (Å²) in [6.07, 6.45) is 0. The Morgan fingerprint density at radius 3 is 2.33 bits per heavy atom. The fourth-order valence-electron chi connectivity index (χ4n) is 2.32. The lowest BCUT2D eigenvalue weighted by Gasteiger charge is -2.14. The summed E-state index contributed by atoms with van der Waals surface area (Å²) in [5.41, 5.74) is 7.56. The van der Waals surface area contributed by atoms with Gasteiger partial charge in [0.25, 0.3) is 0 Å². The van der Waals surface area contributed by atoms with Crippen molar-refractivity contribution in [2.24, 2.45) is 0 Å². The van der Waals surface area contributed by atoms with E-state index in [1.807, 2.05) is 6.92 Å². The van der Waals surface area contributed by atoms with E-state index in [0.717, 1.165) is 5.75 Å². The zero-order valence-corrected chi connectivity index (χ0v) is 14.4. The van der Waals surface area contributed by atoms with Gasteiger partial charge in [0.15, 0.2) is 11.5 Å². The zero-order valence-electron chi connectivity index (χ0n) is 13.6. The number of hydrogen-bond acceptors (Lipinski definition) is 7. The van der Waals surface area contributed by atoms with E-state index in [-0.39, 0.29) is 11.4 Å². The molecule has 0 aliphatic carbocycles. The molecule has 0 aliphatic rings. The first kappa shape index (κ1) is 17.5. The SMILES string of the molecule is CCSc1nc(N)c(C#N)c(-c2ccc(OC)c(OC)c2)c1C#N. The maximum absolute atomic E-state index is 9.62. The van der Waals surface area contributed by atoms with Gasteiger partial charge in [-0.25, -0.2) is 4.98 Å². The predicted molar refractivity (Wildman–Crippen MR) is 93.0 cm³/mol. The van der Waals surface area contributed by atoms with E-state index in [4.69, 9.17) is 15.2 Å². The molecule has 0 spiro atoms. The number of methoxy groups -OCH3 is 2. The Balaban J connectivity index is 2.82. The van der Waals surface area contributed by atoms with Crippen LogP contribution in [0.3, 0.4) is 0 Å². The molecule has 2 aromatic rings. The van der Waals surface area contributed by atoms with Gasteiger partial charge < -0.3 is 15.2 Å². The highest BCUT2D eigenvalue weighted by Gasteiger charge is 2.21. The predicted octanol–water partition coefficient (Wildman–Crippen LogP) is 3.20. The second-order valence-corrected chi connectivity index (χ2v) is 5.91. The number of rotatable bonds is 5. The number of nitrogens with zero attached hydrogens (tertiary/aromatic N) is 3. The molecule has 1 heterocycles. The van der Waals surface area contributed by atoms with Crippen LogP contribution in [0.1, 0.15) is 18.1 Å². The number of anilines is 1. The van der Waals surface area contributed by atoms with E-state index in [1.165, 1.54) is 18.9 Å². The molecule has 0 saturated carbocycles. The van der Waals surface area contributed by atoms with E-state index in [2.05, 4.69) is 17.1 Å². The Labute approximate surface area is 144 Å². The standard InChI is InChI=1S/C17H16N4O2S/c1-4-24-17-12(9-19)15(11(8-18)16(20)21-17)10-5-6-13(22-2)14(7-10)23-3/h5-7H,4H2,1-3H3,(H2,20,21). The molecule has 1 aromatic heterocycles. The molecule has 0 saturated heterocycles. The van der Waals surface area contributed by atoms with Crippen molar-refractivity contribution in [3.63, 3.8) is 0 Å². The molecule has 0 unspecified atom stereocenters. The highest BCUT2D eigenvalue weighted by Crippen LogP contribution is 2.39. The Hall–Kier alpha value is -2.90. The third-order valence-electron chi connectivity index (χ3n) is 3.37. The van der Waals surface area contributed by atoms with Gasteiger partial charge in [-0.05, 0) is 23.4 Å². The van der Waals surface area contributed by atoms with E-state index >= 15 is 0 Å². The highest BCUT2D eigenvalue weighted by atomic mass is 32.2. The molecule has 0 fully saturated rings. The van der Waals surface area contributed by atoms with Crippen molar-refractivity contribution in [1.29, 1.82) is 10.5 Å². The minimum Gasteiger partial charge on any atom is -0.493 e. The van der Waals surface area contributed by atoms with Gasteiger partial charge >= 0.3 is 0 Å². The van der Waals surface area contributed by atoms with Crippen LogP contribution in [0.15, 0.2) is 23.2 Å². The summed E-state index contributed by atoms with van der Waals surface area (Å²) in [5, 5.41) is 19.6. The van der Waals surface area contributed by atoms with Crippen molar-refractivity contribution in [1.82, 2.24) is 4.98 Å². The molecule has 2 N–H and O–H groups in total. The summed E-state index contributed by atoms with van der Waals surface area (Å²) in [5.74, 6) is 1.90. The molecule has 24 heavy (non-hydrogen) atoms. The fraction of sp³-hybridized carbons (Fsp3) is 0.235. The van der Waals surface area contributed by atoms with Gasteiger partial charge in [0.1, 0.15) is 28.5 Å². The molecule has 0 bridgehead atoms. The van der Waals surface area contributed by atoms with E-state index in [9.17, 15) is 10.5 Å². The maximum Gasteiger partial charge on any atom is 0.161 e. The van der Waals surface area contributed by atoms with Gasteiger partial charge in [-0.2, -0.15) is 10.5 Å². The van der Waals surface area contributed by atoms with Crippen LogP contribution in [-0.2, 0) is 0 Å². The summed E-state index contributed by atoms with van der Waals surface area (Å²) in [4.78, 5) is 4.21. The maximum atomic E-state index is 9.62. The minimum absolute atomic E-state index is 0.109. The molecule has 6 nitrogen and oxygen atoms in total. The average Bonchev–Trinajstić information content (AvgIpc) is 2.60. The fourth-order valence-corrected chi connectivity index (χ4v) is 3.05. The summed E-state index contributed by atoms with van der Waals surface area (Å²) >= 11 is 1.41. The van der Waals surface area contributed by atoms with Crippen molar-refractivity contribution in [3.05, 3.63) is 29.3 Å². The molecule has 0 atom stereocenters. The third-order valence-corrected chi connectivity index (χ3v) is 4.23. The Kier molecular flexibility index (Phi) is 5.51. The second-order valence-electron chi connectivity index (χ2n) is 4.65. The van der Waals surface area contributed by atoms with Crippen molar-refractivity contribution >= 4 is 17.6 Å². The van der Waals surface area contributed by atoms with Crippen LogP contribution in [0.5, 0.6) is 11.5 Å². The highest BCUT2D eigenvalue weighted by molar-refractivity contribution is 7.99. The van der Waals surface area contributed by atoms with Crippen LogP contribution < -0.4 is 15.2 Å². The largest absolute Gasteiger partial charge is 0.493 e. The smallest absolute Gasteiger partial charge is 0.161 e. The van der Waals surface area contributed by atoms with Gasteiger partial charge in [-0.15, -0.1) is 11.8 Å². The number of aromatic nitrogens is 1. The quantitative estimate of drug-likeness (QED) is 0.833. The Morgan fingerprint density at radius 1 is 1.12 bits per heavy atom. The van der Waals surface area contributed by atoms with E-state index in [0.29, 0.717) is 33.2 Å². The first-order valence-electron chi connectivity index (χ1n) is 7.10. The number of pyridine rings is 1. The van der Waals surface area contributed by atoms with Crippen molar-refractivity contribution in [3.8, 4) is 34.8 Å². The number of benzene rings is 1. The van der Waals surface area contributed by atoms with Crippen molar-refractivity contribution in [2.45, 2.75) is 11.9 Å². The molecular formula is C17H16N4O2S. The molecule has 7 heteroatoms. The second kappa shape index (κ2) is 7.58. The molecule has 0 amide bonds. The molecule has 1 aromatic carbocycles. The first-order valence-corrected chi connectivity index (χ1v) is 8.08. The molecular weight excluding hydrogens is 324 g/mol. The number of hydrogen-bond donors (Lipinski definition) is 1. The van der Waals surface area contributed by atoms with Crippen molar-refractivity contribution in [2.75, 3.05) is 25.7 Å². The van der Waals surface area contributed by atoms with Gasteiger partial charge in [-0.3, -0.25) is 0 Å². The van der Waals surface area contributed by atoms with E-state index in [1.54, 1.807) is 25.3 Å². The summed E-state index contributed by atoms with van der Waals surface area (Å²) in [6, 6.07) is 9.41. The van der Waals surface area contributed by atoms with E-state index < -0.39 is 0 Å². The monoisotopic (exact) mass is 340 g/mol. The topological polar surface area (TPSA) is 105 Å². The lowest BCUT2D eigenvalue weighted by atomic mass is 9.96. The van der Waals surface area contributed by atoms with Crippen LogP contribution in [0, 0.1) is 22.7 Å². The minimum atomic E-state index is 0.109. The molecule has 0 aliphatic heterocycles. The lowest BCUT2D eigenvalue weighted by Crippen LogP contribution is -2.03. The van der Waals surface area contributed by atoms with Crippen LogP contribution in [0.25, 0.3) is 11.1 Å². The lowest BCUT2D eigenvalue weighted by molar-refractivity contribution is 0.355. The number of nitrogen functional groups attached to an aromatic ring is 1. The summed E-state index contributed by atoms with van der Waals surface area (Å²) in [7, 11) is 3.07. The van der Waals surface area contributed by atoms with Gasteiger partial charge in [0, 0.05) is 5.56 Å². The zero-order chi connectivity index (χ0) is 17.7. The third kappa shape index (κ3) is 3.08. The van der Waals surface area contributed by atoms with Gasteiger partial charge in [0.2, 0.25) is 0 Å². The number of ether oxygens (including phenoxy) is 2. The Morgan fingerprint density at radius 2 is 1.79 bits per heavy atom. The van der Waals surface area contributed by atoms with Crippen molar-refractivity contribution < 1.29 is 9.47 Å². The van der Waals surface area contributed by atoms with Crippen LogP contribution in [0.2, 0.25) is 0 Å². The number of nitriles is 2. The molecule has 0 radical (unpaired) electrons.